The number of anilines is 1. The second kappa shape index (κ2) is 5.58. The van der Waals surface area contributed by atoms with Gasteiger partial charge in [-0.2, -0.15) is 0 Å². The number of nitrogens with zero attached hydrogens (tertiary/aromatic N) is 1. The third-order valence-electron chi connectivity index (χ3n) is 4.12. The van der Waals surface area contributed by atoms with E-state index < -0.39 is 5.60 Å². The summed E-state index contributed by atoms with van der Waals surface area (Å²) in [7, 11) is 0. The Kier molecular flexibility index (Phi) is 3.51. The van der Waals surface area contributed by atoms with Gasteiger partial charge in [0, 0.05) is 4.47 Å². The molecule has 2 aromatic carbocycles. The molecule has 5 nitrogen and oxygen atoms in total. The van der Waals surface area contributed by atoms with E-state index in [1.54, 1.807) is 30.3 Å². The van der Waals surface area contributed by atoms with Gasteiger partial charge < -0.3 is 0 Å². The van der Waals surface area contributed by atoms with Gasteiger partial charge in [-0.15, -0.1) is 0 Å². The van der Waals surface area contributed by atoms with Crippen molar-refractivity contribution >= 4 is 39.1 Å². The molecular weight excluding hydrogens is 372 g/mol. The molecule has 24 heavy (non-hydrogen) atoms. The van der Waals surface area contributed by atoms with Crippen molar-refractivity contribution in [2.24, 2.45) is 0 Å². The Bertz CT molecular complexity index is 848. The lowest BCUT2D eigenvalue weighted by molar-refractivity contribution is -0.136. The van der Waals surface area contributed by atoms with Crippen LogP contribution in [0.5, 0.6) is 0 Å². The minimum Gasteiger partial charge on any atom is -0.274 e. The topological polar surface area (TPSA) is 58.6 Å². The molecule has 120 valence electrons. The van der Waals surface area contributed by atoms with Crippen LogP contribution in [0.1, 0.15) is 12.0 Å². The Morgan fingerprint density at radius 3 is 2.46 bits per heavy atom. The highest BCUT2D eigenvalue weighted by molar-refractivity contribution is 9.10. The number of halogens is 1. The minimum absolute atomic E-state index is 0.0201. The van der Waals surface area contributed by atoms with Crippen LogP contribution in [0.15, 0.2) is 65.1 Å². The van der Waals surface area contributed by atoms with E-state index in [1.165, 1.54) is 4.90 Å². The average molecular weight is 385 g/mol. The van der Waals surface area contributed by atoms with Crippen LogP contribution in [0.2, 0.25) is 0 Å². The maximum atomic E-state index is 12.9. The molecule has 0 saturated carbocycles. The lowest BCUT2D eigenvalue weighted by Gasteiger charge is -2.18. The second-order valence-electron chi connectivity index (χ2n) is 5.71. The monoisotopic (exact) mass is 384 g/mol. The summed E-state index contributed by atoms with van der Waals surface area (Å²) >= 11 is 3.39. The average Bonchev–Trinajstić information content (AvgIpc) is 3.11. The highest BCUT2D eigenvalue weighted by atomic mass is 79.9. The molecule has 1 atom stereocenters. The van der Waals surface area contributed by atoms with Crippen molar-refractivity contribution in [1.82, 2.24) is 5.48 Å². The molecule has 0 bridgehead atoms. The molecule has 0 aliphatic carbocycles. The van der Waals surface area contributed by atoms with Crippen LogP contribution in [0.25, 0.3) is 5.70 Å². The summed E-state index contributed by atoms with van der Waals surface area (Å²) < 4.78 is 0.961. The van der Waals surface area contributed by atoms with Crippen molar-refractivity contribution in [1.29, 1.82) is 0 Å². The molecule has 1 spiro atoms. The fourth-order valence-electron chi connectivity index (χ4n) is 2.92. The summed E-state index contributed by atoms with van der Waals surface area (Å²) in [5, 5.41) is 0. The predicted molar refractivity (Wildman–Crippen MR) is 92.6 cm³/mol. The van der Waals surface area contributed by atoms with Crippen LogP contribution in [-0.4, -0.2) is 17.4 Å². The summed E-state index contributed by atoms with van der Waals surface area (Å²) in [4.78, 5) is 32.0. The van der Waals surface area contributed by atoms with Crippen molar-refractivity contribution < 1.29 is 14.4 Å². The third kappa shape index (κ3) is 2.35. The molecule has 0 aromatic heterocycles. The number of hydrogen-bond donors (Lipinski definition) is 1. The highest BCUT2D eigenvalue weighted by Crippen LogP contribution is 2.37. The Morgan fingerprint density at radius 1 is 1.04 bits per heavy atom. The summed E-state index contributed by atoms with van der Waals surface area (Å²) in [5.41, 5.74) is 3.63. The van der Waals surface area contributed by atoms with Gasteiger partial charge in [-0.3, -0.25) is 19.9 Å². The van der Waals surface area contributed by atoms with Gasteiger partial charge in [0.1, 0.15) is 0 Å². The van der Waals surface area contributed by atoms with Crippen LogP contribution >= 0.6 is 15.9 Å². The lowest BCUT2D eigenvalue weighted by Crippen LogP contribution is -2.40. The van der Waals surface area contributed by atoms with Gasteiger partial charge in [-0.25, -0.2) is 4.90 Å². The zero-order chi connectivity index (χ0) is 16.7. The summed E-state index contributed by atoms with van der Waals surface area (Å²) in [6.07, 6.45) is 1.67. The molecule has 0 radical (unpaired) electrons. The molecule has 1 saturated heterocycles. The normalized spacial score (nSPS) is 22.9. The van der Waals surface area contributed by atoms with E-state index in [0.29, 0.717) is 11.4 Å². The van der Waals surface area contributed by atoms with Crippen LogP contribution in [0.3, 0.4) is 0 Å². The fraction of sp³-hybridized carbons (Fsp3) is 0.111. The number of amides is 2. The van der Waals surface area contributed by atoms with E-state index in [4.69, 9.17) is 4.84 Å². The Morgan fingerprint density at radius 2 is 1.75 bits per heavy atom. The first-order chi connectivity index (χ1) is 11.6. The van der Waals surface area contributed by atoms with Crippen molar-refractivity contribution in [3.63, 3.8) is 0 Å². The molecule has 2 aliphatic rings. The molecule has 6 heteroatoms. The molecule has 2 heterocycles. The number of carbonyl (C=O) groups excluding carboxylic acids is 2. The number of para-hydroxylation sites is 1. The Balaban J connectivity index is 1.68. The molecule has 2 aromatic rings. The summed E-state index contributed by atoms with van der Waals surface area (Å²) in [6.45, 7) is 0. The van der Waals surface area contributed by atoms with Gasteiger partial charge in [0.2, 0.25) is 11.5 Å². The molecule has 2 amide bonds. The van der Waals surface area contributed by atoms with E-state index >= 15 is 0 Å². The molecule has 0 unspecified atom stereocenters. The van der Waals surface area contributed by atoms with Gasteiger partial charge in [0.05, 0.1) is 17.8 Å². The van der Waals surface area contributed by atoms with E-state index in [2.05, 4.69) is 21.4 Å². The van der Waals surface area contributed by atoms with Crippen molar-refractivity contribution in [3.05, 3.63) is 70.7 Å². The van der Waals surface area contributed by atoms with E-state index in [9.17, 15) is 9.59 Å². The van der Waals surface area contributed by atoms with Crippen molar-refractivity contribution in [2.75, 3.05) is 4.90 Å². The maximum absolute atomic E-state index is 12.9. The predicted octanol–water partition coefficient (Wildman–Crippen LogP) is 3.03. The second-order valence-corrected chi connectivity index (χ2v) is 6.62. The molecule has 1 N–H and O–H groups in total. The molecule has 1 fully saturated rings. The molecule has 2 aliphatic heterocycles. The standard InChI is InChI=1S/C18H13BrN2O3/c19-13-8-6-12(7-9-13)15-10-18(24-20-15)11-16(22)21(17(18)23)14-4-2-1-3-5-14/h1-10,20H,11H2/t18-/m1/s1. The SMILES string of the molecule is O=C1C[C@]2(C=C(c3ccc(Br)cc3)NO2)C(=O)N1c1ccccc1. The third-order valence-corrected chi connectivity index (χ3v) is 4.65. The van der Waals surface area contributed by atoms with Gasteiger partial charge in [0.25, 0.3) is 5.91 Å². The number of hydroxylamine groups is 1. The van der Waals surface area contributed by atoms with Crippen LogP contribution in [-0.2, 0) is 14.4 Å². The number of imide groups is 1. The number of nitrogens with one attached hydrogen (secondary N) is 1. The van der Waals surface area contributed by atoms with E-state index in [0.717, 1.165) is 10.0 Å². The first kappa shape index (κ1) is 15.1. The van der Waals surface area contributed by atoms with E-state index in [-0.39, 0.29) is 18.2 Å². The minimum atomic E-state index is -1.28. The van der Waals surface area contributed by atoms with Gasteiger partial charge in [-0.1, -0.05) is 46.3 Å². The van der Waals surface area contributed by atoms with Gasteiger partial charge >= 0.3 is 0 Å². The van der Waals surface area contributed by atoms with Crippen LogP contribution < -0.4 is 10.4 Å². The van der Waals surface area contributed by atoms with Gasteiger partial charge in [0.15, 0.2) is 0 Å². The smallest absolute Gasteiger partial charge is 0.273 e. The first-order valence-electron chi connectivity index (χ1n) is 7.44. The number of rotatable bonds is 2. The Labute approximate surface area is 147 Å². The van der Waals surface area contributed by atoms with Crippen LogP contribution in [0, 0.1) is 0 Å². The quantitative estimate of drug-likeness (QED) is 0.808. The molecular formula is C18H13BrN2O3. The highest BCUT2D eigenvalue weighted by Gasteiger charge is 2.55. The Hall–Kier alpha value is -2.44. The zero-order valence-corrected chi connectivity index (χ0v) is 14.1. The van der Waals surface area contributed by atoms with Crippen LogP contribution in [0.4, 0.5) is 5.69 Å². The van der Waals surface area contributed by atoms with Crippen molar-refractivity contribution in [2.45, 2.75) is 12.0 Å². The lowest BCUT2D eigenvalue weighted by atomic mass is 9.99. The summed E-state index contributed by atoms with van der Waals surface area (Å²) in [5.74, 6) is -0.653. The number of benzene rings is 2. The van der Waals surface area contributed by atoms with E-state index in [1.807, 2.05) is 30.3 Å². The van der Waals surface area contributed by atoms with Crippen molar-refractivity contribution in [3.8, 4) is 0 Å². The number of carbonyl (C=O) groups is 2. The largest absolute Gasteiger partial charge is 0.274 e. The molecule has 4 rings (SSSR count). The zero-order valence-electron chi connectivity index (χ0n) is 12.5. The fourth-order valence-corrected chi connectivity index (χ4v) is 3.19. The first-order valence-corrected chi connectivity index (χ1v) is 8.24. The maximum Gasteiger partial charge on any atom is 0.273 e. The summed E-state index contributed by atoms with van der Waals surface area (Å²) in [6, 6.07) is 16.5. The number of hydrogen-bond acceptors (Lipinski definition) is 4. The van der Waals surface area contributed by atoms with Gasteiger partial charge in [-0.05, 0) is 35.9 Å².